The van der Waals surface area contributed by atoms with Gasteiger partial charge in [-0.2, -0.15) is 0 Å². The zero-order valence-electron chi connectivity index (χ0n) is 8.50. The lowest BCUT2D eigenvalue weighted by molar-refractivity contribution is 0.798. The number of hydrogen-bond donors (Lipinski definition) is 0. The predicted molar refractivity (Wildman–Crippen MR) is 73.9 cm³/mol. The quantitative estimate of drug-likeness (QED) is 0.774. The molecule has 0 spiro atoms. The molecule has 0 saturated carbocycles. The Labute approximate surface area is 122 Å². The average molecular weight is 355 g/mol. The maximum atomic E-state index is 6.09. The Morgan fingerprint density at radius 2 is 1.82 bits per heavy atom. The first-order chi connectivity index (χ1) is 8.11. The molecule has 0 saturated heterocycles. The highest BCUT2D eigenvalue weighted by atomic mass is 79.9. The third-order valence-corrected chi connectivity index (χ3v) is 3.29. The van der Waals surface area contributed by atoms with Crippen LogP contribution in [0.25, 0.3) is 5.69 Å². The maximum absolute atomic E-state index is 6.09. The summed E-state index contributed by atoms with van der Waals surface area (Å²) >= 11 is 21.4. The van der Waals surface area contributed by atoms with Gasteiger partial charge in [-0.25, -0.2) is 4.68 Å². The third kappa shape index (κ3) is 2.94. The zero-order chi connectivity index (χ0) is 12.4. The van der Waals surface area contributed by atoms with Crippen LogP contribution in [0.5, 0.6) is 0 Å². The Bertz CT molecular complexity index is 518. The highest BCUT2D eigenvalue weighted by molar-refractivity contribution is 9.09. The molecule has 2 rings (SSSR count). The predicted octanol–water partition coefficient (Wildman–Crippen LogP) is 4.16. The second-order valence-electron chi connectivity index (χ2n) is 3.31. The molecular formula is C10H7BrCl3N3. The van der Waals surface area contributed by atoms with Crippen LogP contribution in [0.3, 0.4) is 0 Å². The van der Waals surface area contributed by atoms with Gasteiger partial charge < -0.3 is 0 Å². The smallest absolute Gasteiger partial charge is 0.104 e. The van der Waals surface area contributed by atoms with Crippen molar-refractivity contribution in [1.29, 1.82) is 0 Å². The molecule has 1 aromatic carbocycles. The van der Waals surface area contributed by atoms with Crippen LogP contribution in [0.15, 0.2) is 18.3 Å². The summed E-state index contributed by atoms with van der Waals surface area (Å²) < 4.78 is 1.55. The van der Waals surface area contributed by atoms with E-state index in [9.17, 15) is 0 Å². The number of rotatable bonds is 3. The van der Waals surface area contributed by atoms with Gasteiger partial charge >= 0.3 is 0 Å². The lowest BCUT2D eigenvalue weighted by atomic mass is 10.3. The summed E-state index contributed by atoms with van der Waals surface area (Å²) in [6.45, 7) is 0. The topological polar surface area (TPSA) is 30.7 Å². The molecule has 7 heteroatoms. The summed E-state index contributed by atoms with van der Waals surface area (Å²) in [4.78, 5) is 0. The lowest BCUT2D eigenvalue weighted by Gasteiger charge is -2.06. The molecule has 0 aliphatic carbocycles. The second-order valence-corrected chi connectivity index (χ2v) is 5.36. The summed E-state index contributed by atoms with van der Waals surface area (Å²) in [5.74, 6) is 0. The van der Waals surface area contributed by atoms with Gasteiger partial charge in [0.1, 0.15) is 5.69 Å². The molecule has 90 valence electrons. The van der Waals surface area contributed by atoms with Gasteiger partial charge in [0.2, 0.25) is 0 Å². The Balaban J connectivity index is 2.45. The summed E-state index contributed by atoms with van der Waals surface area (Å²) in [7, 11) is 0. The van der Waals surface area contributed by atoms with Crippen LogP contribution in [0.4, 0.5) is 0 Å². The van der Waals surface area contributed by atoms with Gasteiger partial charge in [-0.15, -0.1) is 5.10 Å². The minimum atomic E-state index is 0.442. The van der Waals surface area contributed by atoms with Gasteiger partial charge in [0.25, 0.3) is 0 Å². The summed E-state index contributed by atoms with van der Waals surface area (Å²) in [5, 5.41) is 10.2. The SMILES string of the molecule is Clc1cc(Cl)c(-n2cc(CCBr)nn2)c(Cl)c1. The summed E-state index contributed by atoms with van der Waals surface area (Å²) in [5.41, 5.74) is 1.45. The van der Waals surface area contributed by atoms with Crippen molar-refractivity contribution in [2.75, 3.05) is 5.33 Å². The van der Waals surface area contributed by atoms with Crippen LogP contribution >= 0.6 is 50.7 Å². The zero-order valence-corrected chi connectivity index (χ0v) is 12.4. The molecule has 0 bridgehead atoms. The van der Waals surface area contributed by atoms with Crippen LogP contribution in [-0.2, 0) is 6.42 Å². The van der Waals surface area contributed by atoms with E-state index < -0.39 is 0 Å². The number of alkyl halides is 1. The first-order valence-electron chi connectivity index (χ1n) is 4.74. The first-order valence-corrected chi connectivity index (χ1v) is 6.99. The first kappa shape index (κ1) is 13.1. The van der Waals surface area contributed by atoms with E-state index in [-0.39, 0.29) is 0 Å². The lowest BCUT2D eigenvalue weighted by Crippen LogP contribution is -1.97. The van der Waals surface area contributed by atoms with E-state index in [0.717, 1.165) is 17.4 Å². The van der Waals surface area contributed by atoms with Gasteiger partial charge in [0.15, 0.2) is 0 Å². The summed E-state index contributed by atoms with van der Waals surface area (Å²) in [6.07, 6.45) is 2.59. The van der Waals surface area contributed by atoms with E-state index in [4.69, 9.17) is 34.8 Å². The van der Waals surface area contributed by atoms with Crippen LogP contribution in [0.1, 0.15) is 5.69 Å². The van der Waals surface area contributed by atoms with Crippen LogP contribution < -0.4 is 0 Å². The average Bonchev–Trinajstić information content (AvgIpc) is 2.65. The standard InChI is InChI=1S/C10H7BrCl3N3/c11-2-1-7-5-17(16-15-7)10-8(13)3-6(12)4-9(10)14/h3-5H,1-2H2. The molecule has 0 N–H and O–H groups in total. The number of hydrogen-bond acceptors (Lipinski definition) is 2. The molecule has 0 amide bonds. The Kier molecular flexibility index (Phi) is 4.31. The number of benzene rings is 1. The molecule has 0 unspecified atom stereocenters. The van der Waals surface area contributed by atoms with Crippen molar-refractivity contribution < 1.29 is 0 Å². The van der Waals surface area contributed by atoms with Gasteiger partial charge in [0.05, 0.1) is 21.9 Å². The van der Waals surface area contributed by atoms with Gasteiger partial charge in [0, 0.05) is 16.8 Å². The molecule has 0 aliphatic rings. The normalized spacial score (nSPS) is 10.8. The summed E-state index contributed by atoms with van der Waals surface area (Å²) in [6, 6.07) is 3.24. The van der Waals surface area contributed by atoms with E-state index in [2.05, 4.69) is 26.2 Å². The van der Waals surface area contributed by atoms with E-state index in [1.807, 2.05) is 0 Å². The fourth-order valence-corrected chi connectivity index (χ4v) is 2.77. The minimum absolute atomic E-state index is 0.442. The van der Waals surface area contributed by atoms with E-state index in [1.54, 1.807) is 23.0 Å². The molecule has 1 heterocycles. The van der Waals surface area contributed by atoms with E-state index >= 15 is 0 Å². The molecule has 1 aromatic heterocycles. The molecule has 0 fully saturated rings. The van der Waals surface area contributed by atoms with E-state index in [0.29, 0.717) is 20.8 Å². The number of halogens is 4. The highest BCUT2D eigenvalue weighted by Gasteiger charge is 2.12. The molecule has 3 nitrogen and oxygen atoms in total. The fraction of sp³-hybridized carbons (Fsp3) is 0.200. The van der Waals surface area contributed by atoms with Crippen molar-refractivity contribution in [2.24, 2.45) is 0 Å². The fourth-order valence-electron chi connectivity index (χ4n) is 1.37. The molecule has 0 radical (unpaired) electrons. The highest BCUT2D eigenvalue weighted by Crippen LogP contribution is 2.31. The van der Waals surface area contributed by atoms with Crippen LogP contribution in [-0.4, -0.2) is 20.3 Å². The molecular weight excluding hydrogens is 348 g/mol. The van der Waals surface area contributed by atoms with Gasteiger partial charge in [-0.05, 0) is 12.1 Å². The largest absolute Gasteiger partial charge is 0.217 e. The maximum Gasteiger partial charge on any atom is 0.104 e. The molecule has 0 aliphatic heterocycles. The van der Waals surface area contributed by atoms with Crippen molar-refractivity contribution in [3.8, 4) is 5.69 Å². The minimum Gasteiger partial charge on any atom is -0.217 e. The van der Waals surface area contributed by atoms with Crippen molar-refractivity contribution >= 4 is 50.7 Å². The van der Waals surface area contributed by atoms with Gasteiger partial charge in [-0.1, -0.05) is 55.9 Å². The number of aromatic nitrogens is 3. The Morgan fingerprint density at radius 1 is 1.18 bits per heavy atom. The Morgan fingerprint density at radius 3 is 2.41 bits per heavy atom. The van der Waals surface area contributed by atoms with Crippen molar-refractivity contribution in [3.63, 3.8) is 0 Å². The number of aryl methyl sites for hydroxylation is 1. The van der Waals surface area contributed by atoms with Gasteiger partial charge in [-0.3, -0.25) is 0 Å². The molecule has 0 atom stereocenters. The van der Waals surface area contributed by atoms with Crippen molar-refractivity contribution in [3.05, 3.63) is 39.1 Å². The molecule has 17 heavy (non-hydrogen) atoms. The van der Waals surface area contributed by atoms with Crippen molar-refractivity contribution in [1.82, 2.24) is 15.0 Å². The van der Waals surface area contributed by atoms with E-state index in [1.165, 1.54) is 0 Å². The third-order valence-electron chi connectivity index (χ3n) is 2.10. The van der Waals surface area contributed by atoms with Crippen LogP contribution in [0.2, 0.25) is 15.1 Å². The molecule has 2 aromatic rings. The number of nitrogens with zero attached hydrogens (tertiary/aromatic N) is 3. The Hall–Kier alpha value is -0.290. The monoisotopic (exact) mass is 353 g/mol. The second kappa shape index (κ2) is 5.57. The van der Waals surface area contributed by atoms with Crippen LogP contribution in [0, 0.1) is 0 Å². The van der Waals surface area contributed by atoms with Crippen molar-refractivity contribution in [2.45, 2.75) is 6.42 Å².